The second kappa shape index (κ2) is 6.22. The molecule has 1 aromatic carbocycles. The van der Waals surface area contributed by atoms with Crippen LogP contribution in [0.4, 0.5) is 0 Å². The molecular formula is C12H17NO4. The predicted molar refractivity (Wildman–Crippen MR) is 63.1 cm³/mol. The average molecular weight is 239 g/mol. The molecule has 1 rings (SSSR count). The number of aliphatic hydroxyl groups excluding tert-OH is 1. The number of aromatic hydroxyl groups is 1. The Hall–Kier alpha value is -1.59. The minimum absolute atomic E-state index is 0.0726. The summed E-state index contributed by atoms with van der Waals surface area (Å²) in [5.41, 5.74) is 1.06. The Bertz CT molecular complexity index is 392. The van der Waals surface area contributed by atoms with Crippen LogP contribution in [0.15, 0.2) is 18.2 Å². The van der Waals surface area contributed by atoms with Crippen LogP contribution >= 0.6 is 0 Å². The highest BCUT2D eigenvalue weighted by Gasteiger charge is 2.15. The van der Waals surface area contributed by atoms with E-state index in [0.717, 1.165) is 5.56 Å². The van der Waals surface area contributed by atoms with Gasteiger partial charge in [-0.1, -0.05) is 6.07 Å². The summed E-state index contributed by atoms with van der Waals surface area (Å²) < 4.78 is 4.84. The van der Waals surface area contributed by atoms with Gasteiger partial charge >= 0.3 is 0 Å². The number of phenols is 1. The van der Waals surface area contributed by atoms with Crippen LogP contribution in [0.3, 0.4) is 0 Å². The van der Waals surface area contributed by atoms with E-state index in [4.69, 9.17) is 9.84 Å². The van der Waals surface area contributed by atoms with Gasteiger partial charge in [-0.3, -0.25) is 4.79 Å². The zero-order valence-electron chi connectivity index (χ0n) is 9.93. The number of phenolic OH excluding ortho intramolecular Hbond substituents is 1. The van der Waals surface area contributed by atoms with Gasteiger partial charge in [0.2, 0.25) is 0 Å². The van der Waals surface area contributed by atoms with Gasteiger partial charge in [0.15, 0.2) is 0 Å². The van der Waals surface area contributed by atoms with Crippen LogP contribution in [0.25, 0.3) is 0 Å². The van der Waals surface area contributed by atoms with E-state index in [1.54, 1.807) is 12.1 Å². The second-order valence-electron chi connectivity index (χ2n) is 3.83. The fourth-order valence-electron chi connectivity index (χ4n) is 1.44. The Balaban J connectivity index is 2.75. The number of nitrogens with one attached hydrogen (secondary N) is 1. The van der Waals surface area contributed by atoms with Gasteiger partial charge in [-0.2, -0.15) is 0 Å². The summed E-state index contributed by atoms with van der Waals surface area (Å²) in [5.74, 6) is -0.504. The molecule has 0 radical (unpaired) electrons. The van der Waals surface area contributed by atoms with Gasteiger partial charge in [-0.05, 0) is 24.6 Å². The van der Waals surface area contributed by atoms with Crippen molar-refractivity contribution in [1.82, 2.24) is 5.32 Å². The number of ether oxygens (including phenoxy) is 1. The number of hydrogen-bond acceptors (Lipinski definition) is 4. The summed E-state index contributed by atoms with van der Waals surface area (Å²) in [6, 6.07) is 4.31. The van der Waals surface area contributed by atoms with Crippen LogP contribution in [0.1, 0.15) is 15.9 Å². The van der Waals surface area contributed by atoms with E-state index in [9.17, 15) is 9.90 Å². The molecule has 5 heteroatoms. The van der Waals surface area contributed by atoms with Gasteiger partial charge in [0.05, 0.1) is 24.8 Å². The van der Waals surface area contributed by atoms with Gasteiger partial charge in [0.25, 0.3) is 5.91 Å². The minimum atomic E-state index is -0.479. The molecule has 1 unspecified atom stereocenters. The molecule has 1 amide bonds. The van der Waals surface area contributed by atoms with Crippen molar-refractivity contribution in [3.05, 3.63) is 29.3 Å². The lowest BCUT2D eigenvalue weighted by Gasteiger charge is -2.15. The average Bonchev–Trinajstić information content (AvgIpc) is 2.28. The number of carbonyl (C=O) groups is 1. The van der Waals surface area contributed by atoms with Crippen molar-refractivity contribution in [2.24, 2.45) is 0 Å². The minimum Gasteiger partial charge on any atom is -0.507 e. The lowest BCUT2D eigenvalue weighted by atomic mass is 10.1. The van der Waals surface area contributed by atoms with Crippen molar-refractivity contribution in [3.8, 4) is 5.75 Å². The number of methoxy groups -OCH3 is 1. The van der Waals surface area contributed by atoms with Gasteiger partial charge in [-0.15, -0.1) is 0 Å². The molecule has 0 aliphatic rings. The topological polar surface area (TPSA) is 78.8 Å². The van der Waals surface area contributed by atoms with E-state index in [-0.39, 0.29) is 24.5 Å². The third-order valence-corrected chi connectivity index (χ3v) is 2.32. The first-order valence-electron chi connectivity index (χ1n) is 5.28. The van der Waals surface area contributed by atoms with Crippen LogP contribution in [0, 0.1) is 6.92 Å². The number of aliphatic hydroxyl groups is 1. The van der Waals surface area contributed by atoms with Gasteiger partial charge in [0, 0.05) is 7.11 Å². The number of benzene rings is 1. The predicted octanol–water partition coefficient (Wildman–Crippen LogP) is 0.438. The standard InChI is InChI=1S/C12H17NO4/c1-8-3-4-10(11(15)5-8)12(16)13-9(6-14)7-17-2/h3-5,9,14-15H,6-7H2,1-2H3,(H,13,16). The van der Waals surface area contributed by atoms with Gasteiger partial charge in [0.1, 0.15) is 5.75 Å². The normalized spacial score (nSPS) is 12.2. The van der Waals surface area contributed by atoms with E-state index in [0.29, 0.717) is 0 Å². The van der Waals surface area contributed by atoms with Crippen LogP contribution < -0.4 is 5.32 Å². The quantitative estimate of drug-likeness (QED) is 0.696. The molecule has 0 heterocycles. The van der Waals surface area contributed by atoms with Crippen molar-refractivity contribution in [1.29, 1.82) is 0 Å². The number of hydrogen-bond donors (Lipinski definition) is 3. The Kier molecular flexibility index (Phi) is 4.93. The summed E-state index contributed by atoms with van der Waals surface area (Å²) in [6.07, 6.45) is 0. The maximum Gasteiger partial charge on any atom is 0.255 e. The smallest absolute Gasteiger partial charge is 0.255 e. The lowest BCUT2D eigenvalue weighted by molar-refractivity contribution is 0.0837. The molecule has 0 aromatic heterocycles. The molecule has 0 saturated carbocycles. The van der Waals surface area contributed by atoms with E-state index in [1.165, 1.54) is 13.2 Å². The van der Waals surface area contributed by atoms with E-state index in [2.05, 4.69) is 5.32 Å². The zero-order chi connectivity index (χ0) is 12.8. The number of carbonyl (C=O) groups excluding carboxylic acids is 1. The van der Waals surface area contributed by atoms with Crippen LogP contribution in [-0.2, 0) is 4.74 Å². The monoisotopic (exact) mass is 239 g/mol. The summed E-state index contributed by atoms with van der Waals surface area (Å²) >= 11 is 0. The molecule has 0 saturated heterocycles. The molecule has 0 aliphatic carbocycles. The van der Waals surface area contributed by atoms with Crippen LogP contribution in [0.2, 0.25) is 0 Å². The number of amides is 1. The van der Waals surface area contributed by atoms with Crippen molar-refractivity contribution in [3.63, 3.8) is 0 Å². The van der Waals surface area contributed by atoms with Gasteiger partial charge in [-0.25, -0.2) is 0 Å². The van der Waals surface area contributed by atoms with E-state index in [1.807, 2.05) is 6.92 Å². The molecule has 0 fully saturated rings. The van der Waals surface area contributed by atoms with Gasteiger partial charge < -0.3 is 20.3 Å². The zero-order valence-corrected chi connectivity index (χ0v) is 9.93. The number of aryl methyl sites for hydroxylation is 1. The summed E-state index contributed by atoms with van der Waals surface area (Å²) in [4.78, 5) is 11.8. The maximum atomic E-state index is 11.8. The van der Waals surface area contributed by atoms with Crippen LogP contribution in [0.5, 0.6) is 5.75 Å². The summed E-state index contributed by atoms with van der Waals surface area (Å²) in [6.45, 7) is 1.82. The molecule has 0 aliphatic heterocycles. The van der Waals surface area contributed by atoms with Crippen LogP contribution in [-0.4, -0.2) is 42.5 Å². The maximum absolute atomic E-state index is 11.8. The molecule has 17 heavy (non-hydrogen) atoms. The second-order valence-corrected chi connectivity index (χ2v) is 3.83. The molecule has 94 valence electrons. The largest absolute Gasteiger partial charge is 0.507 e. The third-order valence-electron chi connectivity index (χ3n) is 2.32. The number of rotatable bonds is 5. The first-order valence-corrected chi connectivity index (χ1v) is 5.28. The fraction of sp³-hybridized carbons (Fsp3) is 0.417. The lowest BCUT2D eigenvalue weighted by Crippen LogP contribution is -2.40. The molecule has 0 bridgehead atoms. The van der Waals surface area contributed by atoms with Crippen molar-refractivity contribution >= 4 is 5.91 Å². The summed E-state index contributed by atoms with van der Waals surface area (Å²) in [7, 11) is 1.48. The van der Waals surface area contributed by atoms with E-state index < -0.39 is 11.9 Å². The first kappa shape index (κ1) is 13.5. The third kappa shape index (κ3) is 3.72. The van der Waals surface area contributed by atoms with E-state index >= 15 is 0 Å². The van der Waals surface area contributed by atoms with Crippen molar-refractivity contribution in [2.75, 3.05) is 20.3 Å². The van der Waals surface area contributed by atoms with Crippen molar-refractivity contribution < 1.29 is 19.7 Å². The molecule has 1 atom stereocenters. The molecule has 3 N–H and O–H groups in total. The SMILES string of the molecule is COCC(CO)NC(=O)c1ccc(C)cc1O. The fourth-order valence-corrected chi connectivity index (χ4v) is 1.44. The highest BCUT2D eigenvalue weighted by atomic mass is 16.5. The first-order chi connectivity index (χ1) is 8.08. The van der Waals surface area contributed by atoms with Crippen molar-refractivity contribution in [2.45, 2.75) is 13.0 Å². The highest BCUT2D eigenvalue weighted by Crippen LogP contribution is 2.18. The molecule has 0 spiro atoms. The summed E-state index contributed by atoms with van der Waals surface area (Å²) in [5, 5.41) is 21.2. The Labute approximate surface area is 100 Å². The molecular weight excluding hydrogens is 222 g/mol. The highest BCUT2D eigenvalue weighted by molar-refractivity contribution is 5.97. The Morgan fingerprint density at radius 1 is 1.53 bits per heavy atom. The molecule has 1 aromatic rings. The Morgan fingerprint density at radius 2 is 2.24 bits per heavy atom. The Morgan fingerprint density at radius 3 is 2.76 bits per heavy atom. The molecule has 5 nitrogen and oxygen atoms in total.